The zero-order chi connectivity index (χ0) is 20.2. The Morgan fingerprint density at radius 2 is 1.79 bits per heavy atom. The van der Waals surface area contributed by atoms with E-state index in [4.69, 9.17) is 9.15 Å². The lowest BCUT2D eigenvalue weighted by Gasteiger charge is -2.17. The van der Waals surface area contributed by atoms with Gasteiger partial charge in [-0.1, -0.05) is 24.3 Å². The Balaban J connectivity index is 1.62. The van der Waals surface area contributed by atoms with E-state index in [1.165, 1.54) is 6.39 Å². The van der Waals surface area contributed by atoms with Crippen LogP contribution in [-0.2, 0) is 0 Å². The monoisotopic (exact) mass is 391 g/mol. The molecule has 7 heteroatoms. The molecule has 0 bridgehead atoms. The molecule has 2 aromatic carbocycles. The maximum Gasteiger partial charge on any atom is 0.278 e. The molecule has 2 heterocycles. The molecule has 0 aliphatic carbocycles. The minimum atomic E-state index is -0.457. The third-order valence-electron chi connectivity index (χ3n) is 4.93. The Hall–Kier alpha value is -3.61. The summed E-state index contributed by atoms with van der Waals surface area (Å²) >= 11 is 0. The van der Waals surface area contributed by atoms with E-state index >= 15 is 0 Å². The molecule has 7 nitrogen and oxygen atoms in total. The van der Waals surface area contributed by atoms with Gasteiger partial charge < -0.3 is 19.4 Å². The Kier molecular flexibility index (Phi) is 5.29. The minimum Gasteiger partial charge on any atom is -0.496 e. The van der Waals surface area contributed by atoms with Crippen LogP contribution in [0.5, 0.6) is 5.75 Å². The first-order valence-electron chi connectivity index (χ1n) is 9.45. The molecule has 148 valence electrons. The number of amides is 2. The van der Waals surface area contributed by atoms with Crippen molar-refractivity contribution in [1.82, 2.24) is 9.88 Å². The summed E-state index contributed by atoms with van der Waals surface area (Å²) in [6.07, 6.45) is 3.22. The van der Waals surface area contributed by atoms with Crippen LogP contribution in [0.15, 0.2) is 59.3 Å². The molecule has 0 spiro atoms. The summed E-state index contributed by atoms with van der Waals surface area (Å²) in [5, 5.41) is 2.82. The van der Waals surface area contributed by atoms with Crippen molar-refractivity contribution in [3.63, 3.8) is 0 Å². The third-order valence-corrected chi connectivity index (χ3v) is 4.93. The normalized spacial score (nSPS) is 13.3. The summed E-state index contributed by atoms with van der Waals surface area (Å²) in [6, 6.07) is 14.2. The smallest absolute Gasteiger partial charge is 0.278 e. The van der Waals surface area contributed by atoms with Crippen LogP contribution in [0.1, 0.15) is 33.7 Å². The zero-order valence-corrected chi connectivity index (χ0v) is 16.1. The number of anilines is 1. The lowest BCUT2D eigenvalue weighted by atomic mass is 10.1. The number of nitrogens with one attached hydrogen (secondary N) is 1. The molecule has 1 aliphatic rings. The predicted molar refractivity (Wildman–Crippen MR) is 108 cm³/mol. The number of rotatable bonds is 5. The summed E-state index contributed by atoms with van der Waals surface area (Å²) in [4.78, 5) is 31.7. The number of oxazole rings is 1. The van der Waals surface area contributed by atoms with Crippen molar-refractivity contribution in [2.24, 2.45) is 0 Å². The Labute approximate surface area is 168 Å². The predicted octanol–water partition coefficient (Wildman–Crippen LogP) is 3.84. The van der Waals surface area contributed by atoms with Crippen molar-refractivity contribution in [3.8, 4) is 17.1 Å². The average molecular weight is 391 g/mol. The molecular weight excluding hydrogens is 370 g/mol. The van der Waals surface area contributed by atoms with E-state index in [9.17, 15) is 9.59 Å². The van der Waals surface area contributed by atoms with Gasteiger partial charge in [0.05, 0.1) is 23.9 Å². The molecule has 4 rings (SSSR count). The standard InChI is InChI=1S/C22H21N3O4/c1-28-18-11-5-3-9-16(18)20-19(23-14-29-20)21(26)24-17-10-4-2-8-15(17)22(27)25-12-6-7-13-25/h2-5,8-11,14H,6-7,12-13H2,1H3,(H,24,26). The van der Waals surface area contributed by atoms with Gasteiger partial charge in [0.25, 0.3) is 11.8 Å². The molecule has 1 saturated heterocycles. The molecule has 1 aromatic heterocycles. The van der Waals surface area contributed by atoms with E-state index in [0.29, 0.717) is 28.3 Å². The molecule has 3 aromatic rings. The molecule has 1 N–H and O–H groups in total. The molecule has 1 aliphatic heterocycles. The van der Waals surface area contributed by atoms with Crippen molar-refractivity contribution in [2.45, 2.75) is 12.8 Å². The molecule has 0 atom stereocenters. The lowest BCUT2D eigenvalue weighted by molar-refractivity contribution is 0.0794. The second kappa shape index (κ2) is 8.18. The fraction of sp³-hybridized carbons (Fsp3) is 0.227. The number of hydrogen-bond donors (Lipinski definition) is 1. The highest BCUT2D eigenvalue weighted by Gasteiger charge is 2.25. The summed E-state index contributed by atoms with van der Waals surface area (Å²) in [5.74, 6) is 0.344. The quantitative estimate of drug-likeness (QED) is 0.714. The number of methoxy groups -OCH3 is 1. The molecule has 0 unspecified atom stereocenters. The van der Waals surface area contributed by atoms with Crippen molar-refractivity contribution in [3.05, 3.63) is 66.2 Å². The van der Waals surface area contributed by atoms with E-state index in [0.717, 1.165) is 25.9 Å². The van der Waals surface area contributed by atoms with Gasteiger partial charge in [0.2, 0.25) is 0 Å². The van der Waals surface area contributed by atoms with Crippen LogP contribution < -0.4 is 10.1 Å². The molecule has 1 fully saturated rings. The third kappa shape index (κ3) is 3.71. The number of ether oxygens (including phenoxy) is 1. The number of carbonyl (C=O) groups excluding carboxylic acids is 2. The van der Waals surface area contributed by atoms with Crippen molar-refractivity contribution >= 4 is 17.5 Å². The van der Waals surface area contributed by atoms with Gasteiger partial charge in [-0.2, -0.15) is 0 Å². The Morgan fingerprint density at radius 3 is 2.59 bits per heavy atom. The van der Waals surface area contributed by atoms with Gasteiger partial charge in [0.15, 0.2) is 17.8 Å². The topological polar surface area (TPSA) is 84.7 Å². The van der Waals surface area contributed by atoms with E-state index in [-0.39, 0.29) is 11.6 Å². The van der Waals surface area contributed by atoms with Crippen LogP contribution in [0.2, 0.25) is 0 Å². The van der Waals surface area contributed by atoms with Gasteiger partial charge in [-0.05, 0) is 37.1 Å². The number of likely N-dealkylation sites (tertiary alicyclic amines) is 1. The molecule has 2 amide bonds. The highest BCUT2D eigenvalue weighted by atomic mass is 16.5. The van der Waals surface area contributed by atoms with E-state index in [1.807, 2.05) is 12.1 Å². The highest BCUT2D eigenvalue weighted by molar-refractivity contribution is 6.10. The summed E-state index contributed by atoms with van der Waals surface area (Å²) < 4.78 is 10.8. The fourth-order valence-electron chi connectivity index (χ4n) is 3.48. The molecule has 29 heavy (non-hydrogen) atoms. The molecule has 0 radical (unpaired) electrons. The summed E-state index contributed by atoms with van der Waals surface area (Å²) in [7, 11) is 1.55. The van der Waals surface area contributed by atoms with Gasteiger partial charge >= 0.3 is 0 Å². The number of benzene rings is 2. The van der Waals surface area contributed by atoms with Gasteiger partial charge in [0.1, 0.15) is 5.75 Å². The maximum atomic E-state index is 13.0. The SMILES string of the molecule is COc1ccccc1-c1ocnc1C(=O)Nc1ccccc1C(=O)N1CCCC1. The number of nitrogens with zero attached hydrogens (tertiary/aromatic N) is 2. The molecule has 0 saturated carbocycles. The summed E-state index contributed by atoms with van der Waals surface area (Å²) in [6.45, 7) is 1.48. The Morgan fingerprint density at radius 1 is 1.07 bits per heavy atom. The van der Waals surface area contributed by atoms with Gasteiger partial charge in [-0.3, -0.25) is 9.59 Å². The second-order valence-corrected chi connectivity index (χ2v) is 6.73. The number of para-hydroxylation sites is 2. The lowest BCUT2D eigenvalue weighted by Crippen LogP contribution is -2.28. The first-order chi connectivity index (χ1) is 14.2. The van der Waals surface area contributed by atoms with Crippen LogP contribution in [-0.4, -0.2) is 41.9 Å². The van der Waals surface area contributed by atoms with Crippen molar-refractivity contribution < 1.29 is 18.7 Å². The first-order valence-corrected chi connectivity index (χ1v) is 9.45. The molecular formula is C22H21N3O4. The van der Waals surface area contributed by atoms with Gasteiger partial charge in [0, 0.05) is 13.1 Å². The number of carbonyl (C=O) groups is 2. The van der Waals surface area contributed by atoms with Gasteiger partial charge in [-0.25, -0.2) is 4.98 Å². The average Bonchev–Trinajstić information content (AvgIpc) is 3.46. The fourth-order valence-corrected chi connectivity index (χ4v) is 3.48. The summed E-state index contributed by atoms with van der Waals surface area (Å²) in [5.41, 5.74) is 1.66. The van der Waals surface area contributed by atoms with Crippen LogP contribution in [0, 0.1) is 0 Å². The van der Waals surface area contributed by atoms with Crippen LogP contribution in [0.4, 0.5) is 5.69 Å². The first kappa shape index (κ1) is 18.7. The minimum absolute atomic E-state index is 0.0801. The maximum absolute atomic E-state index is 13.0. The number of hydrogen-bond acceptors (Lipinski definition) is 5. The number of aromatic nitrogens is 1. The van der Waals surface area contributed by atoms with Crippen molar-refractivity contribution in [2.75, 3.05) is 25.5 Å². The Bertz CT molecular complexity index is 1040. The largest absolute Gasteiger partial charge is 0.496 e. The van der Waals surface area contributed by atoms with Crippen LogP contribution >= 0.6 is 0 Å². The van der Waals surface area contributed by atoms with E-state index < -0.39 is 5.91 Å². The van der Waals surface area contributed by atoms with Crippen LogP contribution in [0.3, 0.4) is 0 Å². The van der Waals surface area contributed by atoms with Gasteiger partial charge in [-0.15, -0.1) is 0 Å². The van der Waals surface area contributed by atoms with Crippen molar-refractivity contribution in [1.29, 1.82) is 0 Å². The zero-order valence-electron chi connectivity index (χ0n) is 16.1. The van der Waals surface area contributed by atoms with E-state index in [1.54, 1.807) is 48.4 Å². The second-order valence-electron chi connectivity index (χ2n) is 6.73. The van der Waals surface area contributed by atoms with E-state index in [2.05, 4.69) is 10.3 Å². The van der Waals surface area contributed by atoms with Crippen LogP contribution in [0.25, 0.3) is 11.3 Å². The highest BCUT2D eigenvalue weighted by Crippen LogP contribution is 2.32.